The molecule has 314 valence electrons. The lowest BCUT2D eigenvalue weighted by Gasteiger charge is -2.23. The molecule has 0 radical (unpaired) electrons. The molecule has 0 aliphatic carbocycles. The van der Waals surface area contributed by atoms with Crippen LogP contribution < -0.4 is 0 Å². The Morgan fingerprint density at radius 2 is 0.710 bits per heavy atom. The third-order valence-electron chi connectivity index (χ3n) is 12.5. The summed E-state index contributed by atoms with van der Waals surface area (Å²) in [5.74, 6) is 0. The van der Waals surface area contributed by atoms with E-state index in [-0.39, 0.29) is 27.2 Å². The first kappa shape index (κ1) is 42.4. The molecule has 7 heteroatoms. The van der Waals surface area contributed by atoms with E-state index in [0.29, 0.717) is 28.1 Å². The highest BCUT2D eigenvalue weighted by Crippen LogP contribution is 2.45. The normalized spacial score (nSPS) is 13.0. The molecule has 0 saturated heterocycles. The van der Waals surface area contributed by atoms with Crippen LogP contribution in [0.1, 0.15) is 122 Å². The number of rotatable bonds is 3. The minimum Gasteiger partial charge on any atom is -0.309 e. The molecule has 2 aromatic heterocycles. The average molecular weight is 827 g/mol. The summed E-state index contributed by atoms with van der Waals surface area (Å²) in [6, 6.07) is 37.8. The fraction of sp³-hybridized carbons (Fsp3) is 0.309. The monoisotopic (exact) mass is 826 g/mol. The summed E-state index contributed by atoms with van der Waals surface area (Å²) in [7, 11) is 0. The second-order valence-electron chi connectivity index (χ2n) is 21.0. The van der Waals surface area contributed by atoms with Gasteiger partial charge in [-0.2, -0.15) is 23.7 Å². The molecule has 0 unspecified atom stereocenters. The first-order valence-electron chi connectivity index (χ1n) is 21.2. The van der Waals surface area contributed by atoms with Gasteiger partial charge < -0.3 is 9.13 Å². The zero-order valence-electron chi connectivity index (χ0n) is 37.7. The highest BCUT2D eigenvalue weighted by atomic mass is 19.4. The number of halogens is 3. The zero-order chi connectivity index (χ0) is 45.1. The molecule has 0 aliphatic heterocycles. The van der Waals surface area contributed by atoms with Crippen LogP contribution in [0.25, 0.3) is 66.1 Å². The molecule has 0 bridgehead atoms. The molecule has 0 aliphatic rings. The van der Waals surface area contributed by atoms with Crippen molar-refractivity contribution in [2.24, 2.45) is 0 Å². The third kappa shape index (κ3) is 7.12. The summed E-state index contributed by atoms with van der Waals surface area (Å²) in [5, 5.41) is 26.0. The molecule has 0 fully saturated rings. The molecule has 0 saturated carbocycles. The van der Waals surface area contributed by atoms with Gasteiger partial charge in [-0.05, 0) is 92.4 Å². The molecule has 6 aromatic carbocycles. The number of alkyl halides is 3. The van der Waals surface area contributed by atoms with Crippen molar-refractivity contribution in [3.63, 3.8) is 0 Å². The van der Waals surface area contributed by atoms with Gasteiger partial charge in [-0.3, -0.25) is 0 Å². The van der Waals surface area contributed by atoms with E-state index >= 15 is 0 Å². The highest BCUT2D eigenvalue weighted by Gasteiger charge is 2.32. The van der Waals surface area contributed by atoms with Gasteiger partial charge in [0.1, 0.15) is 6.07 Å². The molecular weight excluding hydrogens is 774 g/mol. The van der Waals surface area contributed by atoms with Crippen molar-refractivity contribution in [3.05, 3.63) is 142 Å². The van der Waals surface area contributed by atoms with Crippen LogP contribution in [0.4, 0.5) is 13.2 Å². The maximum Gasteiger partial charge on any atom is 0.416 e. The molecular formula is C55H53F3N4. The largest absolute Gasteiger partial charge is 0.416 e. The first-order valence-corrected chi connectivity index (χ1v) is 21.2. The summed E-state index contributed by atoms with van der Waals surface area (Å²) in [4.78, 5) is 0. The van der Waals surface area contributed by atoms with Crippen molar-refractivity contribution in [2.45, 2.75) is 111 Å². The summed E-state index contributed by atoms with van der Waals surface area (Å²) in [6.45, 7) is 26.0. The fourth-order valence-electron chi connectivity index (χ4n) is 8.72. The van der Waals surface area contributed by atoms with Crippen molar-refractivity contribution >= 4 is 43.6 Å². The van der Waals surface area contributed by atoms with E-state index in [1.807, 2.05) is 12.1 Å². The highest BCUT2D eigenvalue weighted by molar-refractivity contribution is 6.12. The van der Waals surface area contributed by atoms with E-state index in [1.54, 1.807) is 0 Å². The van der Waals surface area contributed by atoms with E-state index in [1.165, 1.54) is 6.07 Å². The van der Waals surface area contributed by atoms with Gasteiger partial charge in [0.15, 0.2) is 0 Å². The summed E-state index contributed by atoms with van der Waals surface area (Å²) < 4.78 is 47.1. The van der Waals surface area contributed by atoms with Crippen molar-refractivity contribution in [3.8, 4) is 34.6 Å². The number of hydrogen-bond donors (Lipinski definition) is 0. The second kappa shape index (κ2) is 14.1. The maximum atomic E-state index is 14.3. The molecule has 0 atom stereocenters. The Kier molecular flexibility index (Phi) is 9.65. The van der Waals surface area contributed by atoms with Gasteiger partial charge in [0.25, 0.3) is 0 Å². The van der Waals surface area contributed by atoms with E-state index in [2.05, 4.69) is 177 Å². The van der Waals surface area contributed by atoms with Gasteiger partial charge in [0.2, 0.25) is 0 Å². The zero-order valence-corrected chi connectivity index (χ0v) is 37.7. The quantitative estimate of drug-likeness (QED) is 0.178. The summed E-state index contributed by atoms with van der Waals surface area (Å²) >= 11 is 0. The fourth-order valence-corrected chi connectivity index (χ4v) is 8.72. The van der Waals surface area contributed by atoms with E-state index in [4.69, 9.17) is 0 Å². The lowest BCUT2D eigenvalue weighted by Crippen LogP contribution is -2.12. The minimum atomic E-state index is -4.65. The molecule has 0 spiro atoms. The molecule has 8 rings (SSSR count). The van der Waals surface area contributed by atoms with Crippen LogP contribution in [0.3, 0.4) is 0 Å². The number of nitrogens with zero attached hydrogens (tertiary/aromatic N) is 4. The standard InChI is InChI=1S/C55H53F3N4/c1-51(2,3)34-13-19-40-41-20-14-35(52(4,5)6)26-48(41)61(47(40)25-34)45-29-44(39-18-17-38(55(56,57)58)23-32(39)30-59)46(24-33(45)31-60)62-49-27-36(53(7,8)9)15-21-42(49)43-22-16-37(28-50(43)62)54(10,11)12/h13-29H,1-12H3. The van der Waals surface area contributed by atoms with Gasteiger partial charge in [-0.1, -0.05) is 138 Å². The topological polar surface area (TPSA) is 57.4 Å². The number of nitriles is 2. The maximum absolute atomic E-state index is 14.3. The van der Waals surface area contributed by atoms with E-state index in [0.717, 1.165) is 78.0 Å². The second-order valence-corrected chi connectivity index (χ2v) is 21.0. The predicted octanol–water partition coefficient (Wildman–Crippen LogP) is 15.5. The Morgan fingerprint density at radius 1 is 0.371 bits per heavy atom. The Bertz CT molecular complexity index is 3080. The third-order valence-corrected chi connectivity index (χ3v) is 12.5. The number of aromatic nitrogens is 2. The van der Waals surface area contributed by atoms with Crippen LogP contribution in [0.2, 0.25) is 0 Å². The number of fused-ring (bicyclic) bond motifs is 6. The van der Waals surface area contributed by atoms with E-state index < -0.39 is 11.7 Å². The summed E-state index contributed by atoms with van der Waals surface area (Å²) in [6.07, 6.45) is -4.65. The Morgan fingerprint density at radius 3 is 1.03 bits per heavy atom. The van der Waals surface area contributed by atoms with Gasteiger partial charge in [-0.25, -0.2) is 0 Å². The predicted molar refractivity (Wildman–Crippen MR) is 250 cm³/mol. The number of benzene rings is 6. The Hall–Kier alpha value is -6.31. The molecule has 62 heavy (non-hydrogen) atoms. The van der Waals surface area contributed by atoms with Gasteiger partial charge >= 0.3 is 6.18 Å². The first-order chi connectivity index (χ1) is 28.8. The minimum absolute atomic E-state index is 0.115. The van der Waals surface area contributed by atoms with Crippen molar-refractivity contribution < 1.29 is 13.2 Å². The lowest BCUT2D eigenvalue weighted by atomic mass is 9.86. The smallest absolute Gasteiger partial charge is 0.309 e. The van der Waals surface area contributed by atoms with Crippen LogP contribution in [0.5, 0.6) is 0 Å². The molecule has 0 amide bonds. The van der Waals surface area contributed by atoms with Crippen LogP contribution in [0, 0.1) is 22.7 Å². The molecule has 2 heterocycles. The van der Waals surface area contributed by atoms with Crippen LogP contribution in [-0.2, 0) is 27.8 Å². The van der Waals surface area contributed by atoms with Crippen LogP contribution >= 0.6 is 0 Å². The molecule has 0 N–H and O–H groups in total. The van der Waals surface area contributed by atoms with Crippen molar-refractivity contribution in [1.29, 1.82) is 10.5 Å². The average Bonchev–Trinajstić information content (AvgIpc) is 3.69. The van der Waals surface area contributed by atoms with Crippen molar-refractivity contribution in [2.75, 3.05) is 0 Å². The SMILES string of the molecule is CC(C)(C)c1ccc2c3ccc(C(C)(C)C)cc3n(-c3cc(-c4ccc(C(F)(F)F)cc4C#N)c(-n4c5cc(C(C)(C)C)ccc5c5ccc(C(C)(C)C)cc54)cc3C#N)c2c1. The van der Waals surface area contributed by atoms with Crippen molar-refractivity contribution in [1.82, 2.24) is 9.13 Å². The van der Waals surface area contributed by atoms with Gasteiger partial charge in [-0.15, -0.1) is 0 Å². The lowest BCUT2D eigenvalue weighted by molar-refractivity contribution is -0.137. The summed E-state index contributed by atoms with van der Waals surface area (Å²) in [5.41, 5.74) is 8.64. The van der Waals surface area contributed by atoms with Crippen LogP contribution in [-0.4, -0.2) is 9.13 Å². The van der Waals surface area contributed by atoms with Crippen LogP contribution in [0.15, 0.2) is 103 Å². The Labute approximate surface area is 362 Å². The molecule has 8 aromatic rings. The molecule has 4 nitrogen and oxygen atoms in total. The number of hydrogen-bond acceptors (Lipinski definition) is 2. The Balaban J connectivity index is 1.60. The van der Waals surface area contributed by atoms with Gasteiger partial charge in [0, 0.05) is 32.7 Å². The van der Waals surface area contributed by atoms with E-state index in [9.17, 15) is 23.7 Å². The van der Waals surface area contributed by atoms with Gasteiger partial charge in [0.05, 0.1) is 56.2 Å².